The molecule has 5 rings (SSSR count). The highest BCUT2D eigenvalue weighted by Crippen LogP contribution is 2.40. The normalized spacial score (nSPS) is 11.4. The molecule has 0 aromatic heterocycles. The first kappa shape index (κ1) is 16.1. The summed E-state index contributed by atoms with van der Waals surface area (Å²) < 4.78 is 0. The molecule has 0 aliphatic carbocycles. The van der Waals surface area contributed by atoms with E-state index in [4.69, 9.17) is 10.5 Å². The van der Waals surface area contributed by atoms with E-state index in [0.717, 1.165) is 5.56 Å². The molecule has 28 heavy (non-hydrogen) atoms. The predicted octanol–water partition coefficient (Wildman–Crippen LogP) is 6.72. The molecule has 0 radical (unpaired) electrons. The molecule has 0 saturated carbocycles. The first-order chi connectivity index (χ1) is 13.8. The molecule has 0 heterocycles. The van der Waals surface area contributed by atoms with Crippen LogP contribution in [-0.4, -0.2) is 0 Å². The monoisotopic (exact) mass is 354 g/mol. The fourth-order valence-electron chi connectivity index (χ4n) is 4.16. The van der Waals surface area contributed by atoms with Gasteiger partial charge in [0.2, 0.25) is 0 Å². The van der Waals surface area contributed by atoms with Gasteiger partial charge in [0.25, 0.3) is 0 Å². The van der Waals surface area contributed by atoms with E-state index < -0.39 is 0 Å². The minimum absolute atomic E-state index is 0.0968. The molecule has 0 bridgehead atoms. The van der Waals surface area contributed by atoms with Gasteiger partial charge in [-0.15, -0.1) is 0 Å². The third kappa shape index (κ3) is 2.26. The van der Waals surface area contributed by atoms with E-state index in [-0.39, 0.29) is 5.57 Å². The van der Waals surface area contributed by atoms with Crippen molar-refractivity contribution >= 4 is 49.2 Å². The van der Waals surface area contributed by atoms with Gasteiger partial charge in [-0.3, -0.25) is 0 Å². The van der Waals surface area contributed by atoms with E-state index in [9.17, 15) is 0 Å². The predicted molar refractivity (Wildman–Crippen MR) is 116 cm³/mol. The summed E-state index contributed by atoms with van der Waals surface area (Å²) in [5.74, 6) is 0. The summed E-state index contributed by atoms with van der Waals surface area (Å²) in [6.45, 7) is 0. The van der Waals surface area contributed by atoms with Crippen molar-refractivity contribution in [2.24, 2.45) is 0 Å². The molecule has 0 unspecified atom stereocenters. The summed E-state index contributed by atoms with van der Waals surface area (Å²) in [6.07, 6.45) is 5.27. The summed E-state index contributed by atoms with van der Waals surface area (Å²) in [5.41, 5.74) is 1.17. The smallest absolute Gasteiger partial charge is 0.129 e. The Hall–Kier alpha value is -4.14. The van der Waals surface area contributed by atoms with Gasteiger partial charge in [-0.25, -0.2) is 0 Å². The molecule has 0 fully saturated rings. The Morgan fingerprint density at radius 1 is 0.643 bits per heavy atom. The standard InChI is InChI=1S/C26H14N2/c27-15-17(16-28)5-1-6-18-13-14-24-22-11-3-8-19-7-2-10-21(25(19)22)23-12-4-9-20(18)26(23)24/h1-14H/b6-1+. The van der Waals surface area contributed by atoms with Crippen LogP contribution in [0.15, 0.2) is 84.5 Å². The zero-order chi connectivity index (χ0) is 19.1. The summed E-state index contributed by atoms with van der Waals surface area (Å²) in [4.78, 5) is 0. The number of rotatable bonds is 2. The Morgan fingerprint density at radius 2 is 1.21 bits per heavy atom. The Labute approximate surface area is 162 Å². The molecular formula is C26H14N2. The maximum absolute atomic E-state index is 8.90. The molecular weight excluding hydrogens is 340 g/mol. The van der Waals surface area contributed by atoms with E-state index in [2.05, 4.69) is 66.7 Å². The SMILES string of the molecule is N#CC(C#N)=C/C=C/c1ccc2c3cccc4cccc(c5cccc1c52)c43. The van der Waals surface area contributed by atoms with Gasteiger partial charge in [-0.2, -0.15) is 10.5 Å². The van der Waals surface area contributed by atoms with Crippen LogP contribution in [0.1, 0.15) is 5.56 Å². The zero-order valence-corrected chi connectivity index (χ0v) is 15.0. The van der Waals surface area contributed by atoms with Crippen LogP contribution in [0.5, 0.6) is 0 Å². The molecule has 0 amide bonds. The number of hydrogen-bond acceptors (Lipinski definition) is 2. The third-order valence-electron chi connectivity index (χ3n) is 5.34. The van der Waals surface area contributed by atoms with Crippen molar-refractivity contribution in [1.82, 2.24) is 0 Å². The first-order valence-corrected chi connectivity index (χ1v) is 9.08. The summed E-state index contributed by atoms with van der Waals surface area (Å²) in [7, 11) is 0. The largest absolute Gasteiger partial charge is 0.192 e. The lowest BCUT2D eigenvalue weighted by molar-refractivity contribution is 1.46. The second-order valence-electron chi connectivity index (χ2n) is 6.80. The van der Waals surface area contributed by atoms with Gasteiger partial charge in [-0.1, -0.05) is 78.9 Å². The highest BCUT2D eigenvalue weighted by molar-refractivity contribution is 6.33. The van der Waals surface area contributed by atoms with Crippen LogP contribution in [0, 0.1) is 22.7 Å². The zero-order valence-electron chi connectivity index (χ0n) is 15.0. The number of allylic oxidation sites excluding steroid dienone is 3. The summed E-state index contributed by atoms with van der Waals surface area (Å²) in [5, 5.41) is 27.8. The highest BCUT2D eigenvalue weighted by atomic mass is 14.3. The van der Waals surface area contributed by atoms with Crippen LogP contribution < -0.4 is 0 Å². The minimum atomic E-state index is 0.0968. The highest BCUT2D eigenvalue weighted by Gasteiger charge is 2.13. The van der Waals surface area contributed by atoms with Gasteiger partial charge < -0.3 is 0 Å². The van der Waals surface area contributed by atoms with Gasteiger partial charge in [-0.05, 0) is 54.7 Å². The fraction of sp³-hybridized carbons (Fsp3) is 0. The molecule has 0 saturated heterocycles. The van der Waals surface area contributed by atoms with Crippen molar-refractivity contribution in [3.63, 3.8) is 0 Å². The van der Waals surface area contributed by atoms with Crippen LogP contribution in [-0.2, 0) is 0 Å². The molecule has 0 aliphatic rings. The van der Waals surface area contributed by atoms with Crippen molar-refractivity contribution in [2.75, 3.05) is 0 Å². The molecule has 2 nitrogen and oxygen atoms in total. The molecule has 0 aliphatic heterocycles. The first-order valence-electron chi connectivity index (χ1n) is 9.08. The number of nitrogens with zero attached hydrogens (tertiary/aromatic N) is 2. The van der Waals surface area contributed by atoms with Crippen LogP contribution in [0.3, 0.4) is 0 Å². The van der Waals surface area contributed by atoms with Gasteiger partial charge in [0.05, 0.1) is 0 Å². The number of benzene rings is 5. The number of fused-ring (bicyclic) bond motifs is 2. The van der Waals surface area contributed by atoms with Crippen molar-refractivity contribution in [3.8, 4) is 12.1 Å². The molecule has 0 spiro atoms. The van der Waals surface area contributed by atoms with Crippen molar-refractivity contribution in [1.29, 1.82) is 10.5 Å². The fourth-order valence-corrected chi connectivity index (χ4v) is 4.16. The number of hydrogen-bond donors (Lipinski definition) is 0. The van der Waals surface area contributed by atoms with E-state index in [1.807, 2.05) is 18.2 Å². The van der Waals surface area contributed by atoms with Crippen LogP contribution in [0.25, 0.3) is 49.2 Å². The Kier molecular flexibility index (Phi) is 3.58. The van der Waals surface area contributed by atoms with Gasteiger partial charge in [0.15, 0.2) is 0 Å². The van der Waals surface area contributed by atoms with E-state index >= 15 is 0 Å². The minimum Gasteiger partial charge on any atom is -0.192 e. The Morgan fingerprint density at radius 3 is 1.89 bits per heavy atom. The van der Waals surface area contributed by atoms with Gasteiger partial charge in [0.1, 0.15) is 17.7 Å². The van der Waals surface area contributed by atoms with E-state index in [1.165, 1.54) is 43.1 Å². The van der Waals surface area contributed by atoms with Crippen molar-refractivity contribution < 1.29 is 0 Å². The van der Waals surface area contributed by atoms with E-state index in [0.29, 0.717) is 0 Å². The lowest BCUT2D eigenvalue weighted by atomic mass is 9.88. The lowest BCUT2D eigenvalue weighted by Crippen LogP contribution is -1.88. The van der Waals surface area contributed by atoms with E-state index in [1.54, 1.807) is 12.2 Å². The van der Waals surface area contributed by atoms with Crippen molar-refractivity contribution in [2.45, 2.75) is 0 Å². The molecule has 128 valence electrons. The number of nitriles is 2. The maximum Gasteiger partial charge on any atom is 0.129 e. The van der Waals surface area contributed by atoms with Gasteiger partial charge in [0, 0.05) is 0 Å². The van der Waals surface area contributed by atoms with Crippen LogP contribution in [0.2, 0.25) is 0 Å². The molecule has 2 heteroatoms. The average Bonchev–Trinajstić information content (AvgIpc) is 2.75. The average molecular weight is 354 g/mol. The maximum atomic E-state index is 8.90. The molecule has 0 N–H and O–H groups in total. The second kappa shape index (κ2) is 6.23. The molecule has 5 aromatic rings. The Bertz CT molecular complexity index is 1460. The second-order valence-corrected chi connectivity index (χ2v) is 6.80. The molecule has 5 aromatic carbocycles. The molecule has 0 atom stereocenters. The summed E-state index contributed by atoms with van der Waals surface area (Å²) >= 11 is 0. The Balaban J connectivity index is 1.88. The summed E-state index contributed by atoms with van der Waals surface area (Å²) in [6, 6.07) is 27.4. The lowest BCUT2D eigenvalue weighted by Gasteiger charge is -2.15. The van der Waals surface area contributed by atoms with Crippen LogP contribution in [0.4, 0.5) is 0 Å². The topological polar surface area (TPSA) is 47.6 Å². The quantitative estimate of drug-likeness (QED) is 0.153. The van der Waals surface area contributed by atoms with Crippen LogP contribution >= 0.6 is 0 Å². The van der Waals surface area contributed by atoms with Crippen molar-refractivity contribution in [3.05, 3.63) is 90.0 Å². The third-order valence-corrected chi connectivity index (χ3v) is 5.34. The van der Waals surface area contributed by atoms with Gasteiger partial charge >= 0.3 is 0 Å².